The molecule has 0 radical (unpaired) electrons. The summed E-state index contributed by atoms with van der Waals surface area (Å²) in [4.78, 5) is 4.02. The Balaban J connectivity index is 2.64. The summed E-state index contributed by atoms with van der Waals surface area (Å²) in [7, 11) is 0. The number of para-hydroxylation sites is 1. The minimum atomic E-state index is -4.38. The maximum atomic E-state index is 12.8. The zero-order valence-corrected chi connectivity index (χ0v) is 10.4. The van der Waals surface area contributed by atoms with Gasteiger partial charge in [-0.25, -0.2) is 4.98 Å². The topological polar surface area (TPSA) is 17.8 Å². The molecule has 0 saturated heterocycles. The monoisotopic (exact) mass is 304 g/mol. The molecule has 1 heterocycles. The summed E-state index contributed by atoms with van der Waals surface area (Å²) in [5, 5.41) is 0. The van der Waals surface area contributed by atoms with E-state index in [0.29, 0.717) is 10.4 Å². The van der Waals surface area contributed by atoms with Gasteiger partial charge in [0.25, 0.3) is 0 Å². The summed E-state index contributed by atoms with van der Waals surface area (Å²) in [5.41, 5.74) is -0.594. The molecule has 6 heteroatoms. The number of nitrogens with zero attached hydrogens (tertiary/aromatic N) is 2. The minimum absolute atomic E-state index is 0.0794. The van der Waals surface area contributed by atoms with Crippen LogP contribution in [0.3, 0.4) is 0 Å². The Bertz CT molecular complexity index is 546. The zero-order chi connectivity index (χ0) is 12.6. The molecule has 0 fully saturated rings. The van der Waals surface area contributed by atoms with E-state index in [4.69, 9.17) is 0 Å². The van der Waals surface area contributed by atoms with Crippen LogP contribution in [-0.2, 0) is 6.18 Å². The molecule has 2 rings (SSSR count). The number of alkyl halides is 3. The van der Waals surface area contributed by atoms with Gasteiger partial charge in [-0.15, -0.1) is 0 Å². The smallest absolute Gasteiger partial charge is 0.302 e. The van der Waals surface area contributed by atoms with Crippen molar-refractivity contribution in [3.63, 3.8) is 0 Å². The van der Waals surface area contributed by atoms with Crippen molar-refractivity contribution in [1.29, 1.82) is 0 Å². The van der Waals surface area contributed by atoms with Crippen molar-refractivity contribution in [2.45, 2.75) is 13.1 Å². The number of hydrogen-bond acceptors (Lipinski definition) is 1. The van der Waals surface area contributed by atoms with Gasteiger partial charge in [-0.05, 0) is 35.0 Å². The van der Waals surface area contributed by atoms with E-state index in [-0.39, 0.29) is 5.69 Å². The Kier molecular flexibility index (Phi) is 2.99. The van der Waals surface area contributed by atoms with Gasteiger partial charge in [0.15, 0.2) is 0 Å². The molecular weight excluding hydrogens is 297 g/mol. The molecule has 0 unspecified atom stereocenters. The van der Waals surface area contributed by atoms with E-state index in [2.05, 4.69) is 20.9 Å². The molecule has 0 aliphatic heterocycles. The first-order valence-corrected chi connectivity index (χ1v) is 5.57. The van der Waals surface area contributed by atoms with E-state index in [9.17, 15) is 13.2 Å². The van der Waals surface area contributed by atoms with E-state index in [1.165, 1.54) is 22.9 Å². The van der Waals surface area contributed by atoms with Gasteiger partial charge in [0.1, 0.15) is 10.4 Å². The number of hydrogen-bond donors (Lipinski definition) is 0. The van der Waals surface area contributed by atoms with Crippen molar-refractivity contribution in [3.8, 4) is 5.69 Å². The molecule has 0 atom stereocenters. The van der Waals surface area contributed by atoms with Crippen LogP contribution in [0.4, 0.5) is 13.2 Å². The lowest BCUT2D eigenvalue weighted by molar-refractivity contribution is -0.137. The zero-order valence-electron chi connectivity index (χ0n) is 8.79. The summed E-state index contributed by atoms with van der Waals surface area (Å²) in [5.74, 6) is 0.494. The largest absolute Gasteiger partial charge is 0.418 e. The molecule has 90 valence electrons. The van der Waals surface area contributed by atoms with Crippen LogP contribution in [0.5, 0.6) is 0 Å². The fraction of sp³-hybridized carbons (Fsp3) is 0.182. The molecule has 1 aromatic heterocycles. The fourth-order valence-electron chi connectivity index (χ4n) is 1.60. The Morgan fingerprint density at radius 2 is 1.88 bits per heavy atom. The molecule has 0 aliphatic rings. The van der Waals surface area contributed by atoms with Gasteiger partial charge in [0.05, 0.1) is 11.3 Å². The third-order valence-electron chi connectivity index (χ3n) is 2.32. The third-order valence-corrected chi connectivity index (χ3v) is 2.70. The van der Waals surface area contributed by atoms with Crippen molar-refractivity contribution in [2.75, 3.05) is 0 Å². The Morgan fingerprint density at radius 3 is 2.41 bits per heavy atom. The van der Waals surface area contributed by atoms with Crippen molar-refractivity contribution in [3.05, 3.63) is 46.5 Å². The quantitative estimate of drug-likeness (QED) is 0.780. The highest BCUT2D eigenvalue weighted by Gasteiger charge is 2.33. The second-order valence-electron chi connectivity index (χ2n) is 3.50. The van der Waals surface area contributed by atoms with Gasteiger partial charge >= 0.3 is 6.18 Å². The molecular formula is C11H8BrF3N2. The predicted molar refractivity (Wildman–Crippen MR) is 61.0 cm³/mol. The number of benzene rings is 1. The minimum Gasteiger partial charge on any atom is -0.302 e. The molecule has 0 spiro atoms. The molecule has 0 aliphatic carbocycles. The maximum Gasteiger partial charge on any atom is 0.418 e. The van der Waals surface area contributed by atoms with Gasteiger partial charge in [0, 0.05) is 6.20 Å². The standard InChI is InChI=1S/C11H8BrF3N2/c1-7-16-10(12)6-17(7)9-5-3-2-4-8(9)11(13,14)15/h2-6H,1H3. The van der Waals surface area contributed by atoms with Gasteiger partial charge in [-0.3, -0.25) is 0 Å². The highest BCUT2D eigenvalue weighted by Crippen LogP contribution is 2.34. The second kappa shape index (κ2) is 4.18. The van der Waals surface area contributed by atoms with Gasteiger partial charge in [0.2, 0.25) is 0 Å². The summed E-state index contributed by atoms with van der Waals surface area (Å²) in [6.45, 7) is 1.65. The third kappa shape index (κ3) is 2.36. The molecule has 0 N–H and O–H groups in total. The van der Waals surface area contributed by atoms with Crippen molar-refractivity contribution < 1.29 is 13.2 Å². The van der Waals surface area contributed by atoms with Crippen LogP contribution in [0, 0.1) is 6.92 Å². The lowest BCUT2D eigenvalue weighted by atomic mass is 10.1. The summed E-state index contributed by atoms with van der Waals surface area (Å²) >= 11 is 3.14. The highest BCUT2D eigenvalue weighted by molar-refractivity contribution is 9.10. The van der Waals surface area contributed by atoms with E-state index in [1.54, 1.807) is 13.0 Å². The number of rotatable bonds is 1. The van der Waals surface area contributed by atoms with Crippen LogP contribution >= 0.6 is 15.9 Å². The van der Waals surface area contributed by atoms with Gasteiger partial charge < -0.3 is 4.57 Å². The van der Waals surface area contributed by atoms with E-state index in [1.807, 2.05) is 0 Å². The average molecular weight is 305 g/mol. The maximum absolute atomic E-state index is 12.8. The van der Waals surface area contributed by atoms with Crippen LogP contribution in [0.2, 0.25) is 0 Å². The van der Waals surface area contributed by atoms with Crippen LogP contribution in [0.1, 0.15) is 11.4 Å². The van der Waals surface area contributed by atoms with E-state index < -0.39 is 11.7 Å². The lowest BCUT2D eigenvalue weighted by Crippen LogP contribution is -2.10. The second-order valence-corrected chi connectivity index (χ2v) is 4.31. The average Bonchev–Trinajstić information content (AvgIpc) is 2.56. The van der Waals surface area contributed by atoms with Crippen molar-refractivity contribution in [2.24, 2.45) is 0 Å². The molecule has 0 bridgehead atoms. The predicted octanol–water partition coefficient (Wildman–Crippen LogP) is 3.96. The van der Waals surface area contributed by atoms with E-state index >= 15 is 0 Å². The van der Waals surface area contributed by atoms with Crippen molar-refractivity contribution in [1.82, 2.24) is 9.55 Å². The fourth-order valence-corrected chi connectivity index (χ4v) is 2.07. The van der Waals surface area contributed by atoms with Gasteiger partial charge in [-0.1, -0.05) is 12.1 Å². The normalized spacial score (nSPS) is 11.8. The summed E-state index contributed by atoms with van der Waals surface area (Å²) in [6, 6.07) is 5.41. The SMILES string of the molecule is Cc1nc(Br)cn1-c1ccccc1C(F)(F)F. The number of halogens is 4. The summed E-state index contributed by atoms with van der Waals surface area (Å²) < 4.78 is 40.4. The molecule has 17 heavy (non-hydrogen) atoms. The molecule has 1 aromatic carbocycles. The summed E-state index contributed by atoms with van der Waals surface area (Å²) in [6.07, 6.45) is -2.86. The van der Waals surface area contributed by atoms with Gasteiger partial charge in [-0.2, -0.15) is 13.2 Å². The van der Waals surface area contributed by atoms with E-state index in [0.717, 1.165) is 6.07 Å². The molecule has 0 saturated carbocycles. The molecule has 0 amide bonds. The lowest BCUT2D eigenvalue weighted by Gasteiger charge is -2.13. The Hall–Kier alpha value is -1.30. The van der Waals surface area contributed by atoms with Crippen LogP contribution < -0.4 is 0 Å². The molecule has 2 nitrogen and oxygen atoms in total. The van der Waals surface area contributed by atoms with Crippen LogP contribution in [0.25, 0.3) is 5.69 Å². The van der Waals surface area contributed by atoms with Crippen molar-refractivity contribution >= 4 is 15.9 Å². The number of imidazole rings is 1. The first-order valence-electron chi connectivity index (χ1n) is 4.77. The van der Waals surface area contributed by atoms with Crippen LogP contribution in [0.15, 0.2) is 35.1 Å². The highest BCUT2D eigenvalue weighted by atomic mass is 79.9. The Morgan fingerprint density at radius 1 is 1.24 bits per heavy atom. The first kappa shape index (κ1) is 12.2. The molecule has 2 aromatic rings. The Labute approximate surface area is 104 Å². The van der Waals surface area contributed by atoms with Crippen LogP contribution in [-0.4, -0.2) is 9.55 Å². The number of aromatic nitrogens is 2. The number of aryl methyl sites for hydroxylation is 1. The first-order chi connectivity index (χ1) is 7.89.